The number of benzene rings is 1. The standard InChI is InChI=1S/C11H11BrFNO3S/c12-7-1-2-9(13)8(5-7)11(17)14-3-4-18-6-10(15)16/h1-2,5H,3-4,6H2,(H,14,17)(H,15,16). The highest BCUT2D eigenvalue weighted by molar-refractivity contribution is 9.10. The first-order valence-corrected chi connectivity index (χ1v) is 6.98. The van der Waals surface area contributed by atoms with E-state index in [1.807, 2.05) is 0 Å². The molecule has 0 aliphatic heterocycles. The number of thioether (sulfide) groups is 1. The van der Waals surface area contributed by atoms with Crippen LogP contribution in [0.4, 0.5) is 4.39 Å². The summed E-state index contributed by atoms with van der Waals surface area (Å²) < 4.78 is 14.0. The Bertz CT molecular complexity index is 456. The number of carboxylic acids is 1. The minimum absolute atomic E-state index is 0.0128. The van der Waals surface area contributed by atoms with Gasteiger partial charge in [-0.05, 0) is 18.2 Å². The van der Waals surface area contributed by atoms with Crippen LogP contribution < -0.4 is 5.32 Å². The van der Waals surface area contributed by atoms with Gasteiger partial charge in [0.25, 0.3) is 5.91 Å². The number of aliphatic carboxylic acids is 1. The Balaban J connectivity index is 2.41. The largest absolute Gasteiger partial charge is 0.481 e. The average molecular weight is 336 g/mol. The maximum Gasteiger partial charge on any atom is 0.313 e. The fraction of sp³-hybridized carbons (Fsp3) is 0.273. The summed E-state index contributed by atoms with van der Waals surface area (Å²) >= 11 is 4.35. The maximum atomic E-state index is 13.3. The van der Waals surface area contributed by atoms with Crippen molar-refractivity contribution in [2.24, 2.45) is 0 Å². The van der Waals surface area contributed by atoms with E-state index in [0.29, 0.717) is 16.8 Å². The Kier molecular flexibility index (Phi) is 6.14. The molecule has 0 unspecified atom stereocenters. The van der Waals surface area contributed by atoms with Crippen LogP contribution in [0.5, 0.6) is 0 Å². The highest BCUT2D eigenvalue weighted by Crippen LogP contribution is 2.15. The molecule has 0 aliphatic carbocycles. The molecule has 0 aliphatic rings. The maximum absolute atomic E-state index is 13.3. The molecule has 7 heteroatoms. The Morgan fingerprint density at radius 1 is 1.44 bits per heavy atom. The number of hydrogen-bond acceptors (Lipinski definition) is 3. The van der Waals surface area contributed by atoms with Crippen LogP contribution in [0.25, 0.3) is 0 Å². The smallest absolute Gasteiger partial charge is 0.313 e. The molecule has 1 amide bonds. The fourth-order valence-electron chi connectivity index (χ4n) is 1.16. The van der Waals surface area contributed by atoms with Crippen molar-refractivity contribution in [2.45, 2.75) is 0 Å². The zero-order valence-electron chi connectivity index (χ0n) is 9.28. The number of hydrogen-bond donors (Lipinski definition) is 2. The van der Waals surface area contributed by atoms with Gasteiger partial charge in [-0.2, -0.15) is 0 Å². The van der Waals surface area contributed by atoms with E-state index < -0.39 is 17.7 Å². The number of nitrogens with one attached hydrogen (secondary N) is 1. The van der Waals surface area contributed by atoms with E-state index in [0.717, 1.165) is 0 Å². The van der Waals surface area contributed by atoms with E-state index >= 15 is 0 Å². The third kappa shape index (κ3) is 5.05. The second-order valence-corrected chi connectivity index (χ2v) is 5.35. The third-order valence-corrected chi connectivity index (χ3v) is 3.37. The van der Waals surface area contributed by atoms with Crippen LogP contribution in [0.15, 0.2) is 22.7 Å². The van der Waals surface area contributed by atoms with Gasteiger partial charge in [0.1, 0.15) is 5.82 Å². The van der Waals surface area contributed by atoms with Crippen molar-refractivity contribution < 1.29 is 19.1 Å². The van der Waals surface area contributed by atoms with Gasteiger partial charge in [0, 0.05) is 16.8 Å². The molecule has 0 atom stereocenters. The molecule has 0 heterocycles. The molecule has 0 saturated heterocycles. The van der Waals surface area contributed by atoms with Gasteiger partial charge in [0.15, 0.2) is 0 Å². The van der Waals surface area contributed by atoms with Gasteiger partial charge in [-0.1, -0.05) is 15.9 Å². The number of carbonyl (C=O) groups is 2. The summed E-state index contributed by atoms with van der Waals surface area (Å²) in [6, 6.07) is 4.11. The number of carbonyl (C=O) groups excluding carboxylic acids is 1. The molecule has 0 aromatic heterocycles. The van der Waals surface area contributed by atoms with E-state index in [1.54, 1.807) is 0 Å². The SMILES string of the molecule is O=C(O)CSCCNC(=O)c1cc(Br)ccc1F. The second-order valence-electron chi connectivity index (χ2n) is 3.33. The van der Waals surface area contributed by atoms with E-state index in [4.69, 9.17) is 5.11 Å². The molecule has 2 N–H and O–H groups in total. The van der Waals surface area contributed by atoms with Crippen molar-refractivity contribution in [3.63, 3.8) is 0 Å². The minimum atomic E-state index is -0.899. The number of amides is 1. The molecular weight excluding hydrogens is 325 g/mol. The number of halogens is 2. The molecule has 0 radical (unpaired) electrons. The molecule has 0 bridgehead atoms. The van der Waals surface area contributed by atoms with Gasteiger partial charge in [-0.15, -0.1) is 11.8 Å². The highest BCUT2D eigenvalue weighted by atomic mass is 79.9. The summed E-state index contributed by atoms with van der Waals surface area (Å²) in [5, 5.41) is 10.9. The van der Waals surface area contributed by atoms with Crippen LogP contribution in [-0.2, 0) is 4.79 Å². The molecule has 1 aromatic carbocycles. The molecule has 18 heavy (non-hydrogen) atoms. The van der Waals surface area contributed by atoms with Crippen LogP contribution in [0.2, 0.25) is 0 Å². The molecule has 0 spiro atoms. The van der Waals surface area contributed by atoms with Crippen molar-refractivity contribution in [3.05, 3.63) is 34.1 Å². The van der Waals surface area contributed by atoms with Crippen LogP contribution in [0.3, 0.4) is 0 Å². The molecule has 98 valence electrons. The van der Waals surface area contributed by atoms with Crippen LogP contribution in [-0.4, -0.2) is 35.0 Å². The Hall–Kier alpha value is -1.08. The molecule has 1 aromatic rings. The summed E-state index contributed by atoms with van der Waals surface area (Å²) in [4.78, 5) is 21.9. The first-order chi connectivity index (χ1) is 8.50. The zero-order chi connectivity index (χ0) is 13.5. The normalized spacial score (nSPS) is 10.1. The number of rotatable bonds is 6. The lowest BCUT2D eigenvalue weighted by atomic mass is 10.2. The van der Waals surface area contributed by atoms with Crippen LogP contribution >= 0.6 is 27.7 Å². The van der Waals surface area contributed by atoms with E-state index in [2.05, 4.69) is 21.2 Å². The van der Waals surface area contributed by atoms with E-state index in [-0.39, 0.29) is 11.3 Å². The highest BCUT2D eigenvalue weighted by Gasteiger charge is 2.11. The van der Waals surface area contributed by atoms with Gasteiger partial charge in [0.05, 0.1) is 11.3 Å². The van der Waals surface area contributed by atoms with Gasteiger partial charge < -0.3 is 10.4 Å². The fourth-order valence-corrected chi connectivity index (χ4v) is 2.09. The summed E-state index contributed by atoms with van der Waals surface area (Å²) in [6.07, 6.45) is 0. The summed E-state index contributed by atoms with van der Waals surface area (Å²) in [6.45, 7) is 0.294. The van der Waals surface area contributed by atoms with Crippen molar-refractivity contribution in [3.8, 4) is 0 Å². The van der Waals surface area contributed by atoms with E-state index in [1.165, 1.54) is 30.0 Å². The summed E-state index contributed by atoms with van der Waals surface area (Å²) in [7, 11) is 0. The first kappa shape index (κ1) is 15.0. The van der Waals surface area contributed by atoms with Crippen LogP contribution in [0.1, 0.15) is 10.4 Å². The van der Waals surface area contributed by atoms with Gasteiger partial charge in [-0.25, -0.2) is 4.39 Å². The average Bonchev–Trinajstić information content (AvgIpc) is 2.31. The molecule has 0 saturated carbocycles. The van der Waals surface area contributed by atoms with Crippen molar-refractivity contribution in [1.29, 1.82) is 0 Å². The monoisotopic (exact) mass is 335 g/mol. The second kappa shape index (κ2) is 7.38. The Morgan fingerprint density at radius 3 is 2.83 bits per heavy atom. The topological polar surface area (TPSA) is 66.4 Å². The lowest BCUT2D eigenvalue weighted by Crippen LogP contribution is -2.26. The number of carboxylic acid groups (broad SMARTS) is 1. The molecule has 4 nitrogen and oxygen atoms in total. The van der Waals surface area contributed by atoms with E-state index in [9.17, 15) is 14.0 Å². The van der Waals surface area contributed by atoms with Crippen molar-refractivity contribution in [2.75, 3.05) is 18.1 Å². The van der Waals surface area contributed by atoms with Gasteiger partial charge in [0.2, 0.25) is 0 Å². The predicted octanol–water partition coefficient (Wildman–Crippen LogP) is 2.14. The molecular formula is C11H11BrFNO3S. The van der Waals surface area contributed by atoms with Crippen molar-refractivity contribution in [1.82, 2.24) is 5.32 Å². The summed E-state index contributed by atoms with van der Waals surface area (Å²) in [5.41, 5.74) is -0.0346. The van der Waals surface area contributed by atoms with Crippen molar-refractivity contribution >= 4 is 39.6 Å². The lowest BCUT2D eigenvalue weighted by Gasteiger charge is -2.06. The minimum Gasteiger partial charge on any atom is -0.481 e. The zero-order valence-corrected chi connectivity index (χ0v) is 11.7. The Morgan fingerprint density at radius 2 is 2.17 bits per heavy atom. The van der Waals surface area contributed by atoms with Gasteiger partial charge >= 0.3 is 5.97 Å². The van der Waals surface area contributed by atoms with Gasteiger partial charge in [-0.3, -0.25) is 9.59 Å². The molecule has 0 fully saturated rings. The Labute approximate surface area is 116 Å². The quantitative estimate of drug-likeness (QED) is 0.781. The summed E-state index contributed by atoms with van der Waals surface area (Å²) in [5.74, 6) is -1.54. The van der Waals surface area contributed by atoms with Crippen LogP contribution in [0, 0.1) is 5.82 Å². The predicted molar refractivity (Wildman–Crippen MR) is 71.4 cm³/mol. The molecule has 1 rings (SSSR count). The lowest BCUT2D eigenvalue weighted by molar-refractivity contribution is -0.133. The first-order valence-electron chi connectivity index (χ1n) is 5.03. The third-order valence-electron chi connectivity index (χ3n) is 1.93.